The maximum absolute atomic E-state index is 13.7. The highest BCUT2D eigenvalue weighted by Crippen LogP contribution is 2.37. The minimum atomic E-state index is -4.36. The molecule has 1 aromatic rings. The monoisotopic (exact) mass is 372 g/mol. The summed E-state index contributed by atoms with van der Waals surface area (Å²) in [6, 6.07) is 6.64. The Morgan fingerprint density at radius 2 is 1.85 bits per heavy atom. The van der Waals surface area contributed by atoms with Gasteiger partial charge in [0.2, 0.25) is 0 Å². The second-order valence-corrected chi connectivity index (χ2v) is 7.75. The number of alkyl halides is 3. The third-order valence-electron chi connectivity index (χ3n) is 4.52. The van der Waals surface area contributed by atoms with E-state index in [1.807, 2.05) is 30.3 Å². The lowest BCUT2D eigenvalue weighted by molar-refractivity contribution is -0.199. The van der Waals surface area contributed by atoms with Gasteiger partial charge in [-0.15, -0.1) is 0 Å². The van der Waals surface area contributed by atoms with Gasteiger partial charge in [0.25, 0.3) is 0 Å². The smallest absolute Gasteiger partial charge is 0.407 e. The third kappa shape index (κ3) is 5.62. The molecule has 1 amide bonds. The molecule has 1 N–H and O–H groups in total. The fourth-order valence-electron chi connectivity index (χ4n) is 3.30. The number of amides is 1. The number of ether oxygens (including phenoxy) is 1. The SMILES string of the molecule is C[C@H](c1ccccc1)N1CC[C@H](NC(=O)OC(C)(C)C)C[C@@H]1C(F)(F)F. The average molecular weight is 372 g/mol. The molecule has 7 heteroatoms. The molecule has 1 fully saturated rings. The van der Waals surface area contributed by atoms with E-state index in [1.54, 1.807) is 27.7 Å². The first-order chi connectivity index (χ1) is 12.0. The quantitative estimate of drug-likeness (QED) is 0.838. The first-order valence-electron chi connectivity index (χ1n) is 8.84. The van der Waals surface area contributed by atoms with Crippen LogP contribution in [0.15, 0.2) is 30.3 Å². The molecular weight excluding hydrogens is 345 g/mol. The number of nitrogens with zero attached hydrogens (tertiary/aromatic N) is 1. The summed E-state index contributed by atoms with van der Waals surface area (Å²) in [6.45, 7) is 7.19. The lowest BCUT2D eigenvalue weighted by atomic mass is 9.93. The predicted octanol–water partition coefficient (Wildman–Crippen LogP) is 4.67. The van der Waals surface area contributed by atoms with Crippen molar-refractivity contribution in [1.82, 2.24) is 10.2 Å². The summed E-state index contributed by atoms with van der Waals surface area (Å²) in [6.07, 6.45) is -4.77. The van der Waals surface area contributed by atoms with Crippen molar-refractivity contribution in [2.24, 2.45) is 0 Å². The van der Waals surface area contributed by atoms with Crippen LogP contribution in [0.3, 0.4) is 0 Å². The summed E-state index contributed by atoms with van der Waals surface area (Å²) in [4.78, 5) is 13.4. The lowest BCUT2D eigenvalue weighted by Crippen LogP contribution is -2.56. The zero-order valence-corrected chi connectivity index (χ0v) is 15.6. The molecule has 1 aliphatic heterocycles. The molecule has 4 nitrogen and oxygen atoms in total. The standard InChI is InChI=1S/C19H27F3N2O2/c1-13(14-8-6-5-7-9-14)24-11-10-15(12-16(24)19(20,21)22)23-17(25)26-18(2,3)4/h5-9,13,15-16H,10-12H2,1-4H3,(H,23,25)/t13-,15+,16-/m1/s1. The second-order valence-electron chi connectivity index (χ2n) is 7.75. The molecule has 0 spiro atoms. The van der Waals surface area contributed by atoms with Crippen LogP contribution in [-0.2, 0) is 4.74 Å². The van der Waals surface area contributed by atoms with Crippen LogP contribution in [0.1, 0.15) is 52.1 Å². The van der Waals surface area contributed by atoms with Gasteiger partial charge in [-0.25, -0.2) is 4.79 Å². The molecule has 0 bridgehead atoms. The number of carbonyl (C=O) groups is 1. The normalized spacial score (nSPS) is 23.3. The highest BCUT2D eigenvalue weighted by Gasteiger charge is 2.48. The first kappa shape index (κ1) is 20.6. The van der Waals surface area contributed by atoms with Crippen molar-refractivity contribution in [1.29, 1.82) is 0 Å². The third-order valence-corrected chi connectivity index (χ3v) is 4.52. The minimum absolute atomic E-state index is 0.181. The van der Waals surface area contributed by atoms with Gasteiger partial charge in [0.05, 0.1) is 0 Å². The molecular formula is C19H27F3N2O2. The number of alkyl carbamates (subject to hydrolysis) is 1. The van der Waals surface area contributed by atoms with Crippen molar-refractivity contribution in [3.05, 3.63) is 35.9 Å². The summed E-state index contributed by atoms with van der Waals surface area (Å²) in [5, 5.41) is 2.59. The fraction of sp³-hybridized carbons (Fsp3) is 0.632. The van der Waals surface area contributed by atoms with Gasteiger partial charge >= 0.3 is 12.3 Å². The van der Waals surface area contributed by atoms with E-state index in [0.29, 0.717) is 6.42 Å². The van der Waals surface area contributed by atoms with Crippen LogP contribution >= 0.6 is 0 Å². The number of piperidine rings is 1. The summed E-state index contributed by atoms with van der Waals surface area (Å²) >= 11 is 0. The minimum Gasteiger partial charge on any atom is -0.444 e. The molecule has 0 radical (unpaired) electrons. The van der Waals surface area contributed by atoms with E-state index >= 15 is 0 Å². The van der Waals surface area contributed by atoms with E-state index in [4.69, 9.17) is 4.74 Å². The van der Waals surface area contributed by atoms with Crippen LogP contribution in [0.25, 0.3) is 0 Å². The first-order valence-corrected chi connectivity index (χ1v) is 8.84. The number of carbonyl (C=O) groups excluding carboxylic acids is 1. The van der Waals surface area contributed by atoms with Gasteiger partial charge in [-0.2, -0.15) is 13.2 Å². The topological polar surface area (TPSA) is 41.6 Å². The molecule has 26 heavy (non-hydrogen) atoms. The van der Waals surface area contributed by atoms with E-state index in [-0.39, 0.29) is 19.0 Å². The van der Waals surface area contributed by atoms with Crippen molar-refractivity contribution in [3.63, 3.8) is 0 Å². The molecule has 1 saturated heterocycles. The number of hydrogen-bond acceptors (Lipinski definition) is 3. The van der Waals surface area contributed by atoms with Crippen LogP contribution in [-0.4, -0.2) is 41.4 Å². The molecule has 1 aromatic carbocycles. The zero-order valence-electron chi connectivity index (χ0n) is 15.6. The largest absolute Gasteiger partial charge is 0.444 e. The lowest BCUT2D eigenvalue weighted by Gasteiger charge is -2.43. The van der Waals surface area contributed by atoms with E-state index in [1.165, 1.54) is 4.90 Å². The van der Waals surface area contributed by atoms with Gasteiger partial charge in [0.15, 0.2) is 0 Å². The Labute approximate surface area is 152 Å². The van der Waals surface area contributed by atoms with Crippen molar-refractivity contribution >= 4 is 6.09 Å². The molecule has 1 heterocycles. The molecule has 0 aliphatic carbocycles. The van der Waals surface area contributed by atoms with Crippen LogP contribution in [0, 0.1) is 0 Å². The Morgan fingerprint density at radius 3 is 2.38 bits per heavy atom. The number of benzene rings is 1. The van der Waals surface area contributed by atoms with Gasteiger partial charge in [0.1, 0.15) is 11.6 Å². The fourth-order valence-corrected chi connectivity index (χ4v) is 3.30. The van der Waals surface area contributed by atoms with Gasteiger partial charge < -0.3 is 10.1 Å². The Morgan fingerprint density at radius 1 is 1.23 bits per heavy atom. The molecule has 0 aromatic heterocycles. The zero-order chi connectivity index (χ0) is 19.5. The highest BCUT2D eigenvalue weighted by atomic mass is 19.4. The van der Waals surface area contributed by atoms with Crippen LogP contribution in [0.2, 0.25) is 0 Å². The van der Waals surface area contributed by atoms with Crippen molar-refractivity contribution < 1.29 is 22.7 Å². The molecule has 146 valence electrons. The number of hydrogen-bond donors (Lipinski definition) is 1. The summed E-state index contributed by atoms with van der Waals surface area (Å²) < 4.78 is 46.2. The highest BCUT2D eigenvalue weighted by molar-refractivity contribution is 5.68. The maximum atomic E-state index is 13.7. The van der Waals surface area contributed by atoms with Gasteiger partial charge in [-0.05, 0) is 46.1 Å². The van der Waals surface area contributed by atoms with Crippen LogP contribution in [0.5, 0.6) is 0 Å². The summed E-state index contributed by atoms with van der Waals surface area (Å²) in [7, 11) is 0. The van der Waals surface area contributed by atoms with Crippen LogP contribution < -0.4 is 5.32 Å². The van der Waals surface area contributed by atoms with Gasteiger partial charge in [0, 0.05) is 18.6 Å². The van der Waals surface area contributed by atoms with Crippen LogP contribution in [0.4, 0.5) is 18.0 Å². The van der Waals surface area contributed by atoms with Gasteiger partial charge in [-0.1, -0.05) is 30.3 Å². The Hall–Kier alpha value is -1.76. The molecule has 1 aliphatic rings. The Balaban J connectivity index is 2.09. The second kappa shape index (κ2) is 7.86. The number of rotatable bonds is 3. The van der Waals surface area contributed by atoms with E-state index in [9.17, 15) is 18.0 Å². The molecule has 0 saturated carbocycles. The van der Waals surface area contributed by atoms with Crippen molar-refractivity contribution in [2.75, 3.05) is 6.54 Å². The van der Waals surface area contributed by atoms with Gasteiger partial charge in [-0.3, -0.25) is 4.90 Å². The van der Waals surface area contributed by atoms with E-state index in [0.717, 1.165) is 5.56 Å². The Kier molecular flexibility index (Phi) is 6.21. The molecule has 2 rings (SSSR count). The summed E-state index contributed by atoms with van der Waals surface area (Å²) in [5.41, 5.74) is 0.163. The number of likely N-dealkylation sites (tertiary alicyclic amines) is 1. The average Bonchev–Trinajstić information content (AvgIpc) is 2.52. The van der Waals surface area contributed by atoms with Crippen molar-refractivity contribution in [2.45, 2.75) is 70.4 Å². The number of nitrogens with one attached hydrogen (secondary N) is 1. The number of halogens is 3. The maximum Gasteiger partial charge on any atom is 0.407 e. The van der Waals surface area contributed by atoms with E-state index in [2.05, 4.69) is 5.32 Å². The summed E-state index contributed by atoms with van der Waals surface area (Å²) in [5.74, 6) is 0. The Bertz CT molecular complexity index is 599. The van der Waals surface area contributed by atoms with E-state index < -0.39 is 30.0 Å². The molecule has 3 atom stereocenters. The molecule has 0 unspecified atom stereocenters. The predicted molar refractivity (Wildman–Crippen MR) is 93.8 cm³/mol. The van der Waals surface area contributed by atoms with Crippen molar-refractivity contribution in [3.8, 4) is 0 Å².